The van der Waals surface area contributed by atoms with Crippen LogP contribution in [0.4, 0.5) is 4.39 Å². The number of rotatable bonds is 1. The molecule has 0 unspecified atom stereocenters. The largest absolute Gasteiger partial charge is 0.325 e. The molecule has 0 radical (unpaired) electrons. The van der Waals surface area contributed by atoms with Gasteiger partial charge in [0.05, 0.1) is 11.2 Å². The van der Waals surface area contributed by atoms with Gasteiger partial charge in [-0.15, -0.1) is 0 Å². The van der Waals surface area contributed by atoms with Crippen LogP contribution >= 0.6 is 0 Å². The van der Waals surface area contributed by atoms with E-state index < -0.39 is 0 Å². The van der Waals surface area contributed by atoms with Crippen molar-refractivity contribution in [3.05, 3.63) is 48.0 Å². The zero-order valence-electron chi connectivity index (χ0n) is 8.52. The fraction of sp³-hybridized carbons (Fsp3) is 0.0833. The van der Waals surface area contributed by atoms with Crippen LogP contribution < -0.4 is 5.73 Å². The second-order valence-corrected chi connectivity index (χ2v) is 3.70. The van der Waals surface area contributed by atoms with Gasteiger partial charge in [-0.05, 0) is 30.3 Å². The Labute approximate surface area is 91.3 Å². The van der Waals surface area contributed by atoms with Crippen LogP contribution in [-0.4, -0.2) is 9.38 Å². The molecule has 3 rings (SSSR count). The maximum atomic E-state index is 13.1. The van der Waals surface area contributed by atoms with Gasteiger partial charge in [0.25, 0.3) is 0 Å². The Bertz CT molecular complexity index is 672. The van der Waals surface area contributed by atoms with Crippen LogP contribution in [0.15, 0.2) is 36.5 Å². The molecule has 0 saturated carbocycles. The molecule has 2 heterocycles. The predicted molar refractivity (Wildman–Crippen MR) is 60.5 cm³/mol. The molecule has 0 spiro atoms. The molecule has 0 amide bonds. The molecule has 0 fully saturated rings. The van der Waals surface area contributed by atoms with Gasteiger partial charge in [0.2, 0.25) is 0 Å². The van der Waals surface area contributed by atoms with E-state index >= 15 is 0 Å². The Kier molecular flexibility index (Phi) is 1.91. The average Bonchev–Trinajstić information content (AvgIpc) is 2.71. The fourth-order valence-corrected chi connectivity index (χ4v) is 1.90. The lowest BCUT2D eigenvalue weighted by Crippen LogP contribution is -1.95. The molecule has 3 nitrogen and oxygen atoms in total. The Morgan fingerprint density at radius 2 is 2.12 bits per heavy atom. The second kappa shape index (κ2) is 3.28. The molecule has 0 aliphatic rings. The van der Waals surface area contributed by atoms with Crippen molar-refractivity contribution < 1.29 is 4.39 Å². The number of pyridine rings is 1. The fourth-order valence-electron chi connectivity index (χ4n) is 1.90. The SMILES string of the molecule is NCc1cn2c(ccc3cc(F)ccc32)n1. The van der Waals surface area contributed by atoms with Crippen molar-refractivity contribution in [1.29, 1.82) is 0 Å². The standard InChI is InChI=1S/C12H10FN3/c13-9-2-3-11-8(5-9)1-4-12-15-10(6-14)7-16(11)12/h1-5,7H,6,14H2. The highest BCUT2D eigenvalue weighted by molar-refractivity contribution is 5.82. The van der Waals surface area contributed by atoms with Crippen molar-refractivity contribution in [1.82, 2.24) is 9.38 Å². The van der Waals surface area contributed by atoms with Gasteiger partial charge in [-0.2, -0.15) is 0 Å². The minimum absolute atomic E-state index is 0.231. The molecule has 0 aliphatic heterocycles. The summed E-state index contributed by atoms with van der Waals surface area (Å²) in [4.78, 5) is 4.35. The van der Waals surface area contributed by atoms with Crippen molar-refractivity contribution in [2.75, 3.05) is 0 Å². The third-order valence-electron chi connectivity index (χ3n) is 2.65. The first-order chi connectivity index (χ1) is 7.78. The van der Waals surface area contributed by atoms with Crippen LogP contribution in [0.2, 0.25) is 0 Å². The number of aromatic nitrogens is 2. The van der Waals surface area contributed by atoms with Gasteiger partial charge < -0.3 is 5.73 Å². The molecule has 4 heteroatoms. The van der Waals surface area contributed by atoms with Crippen molar-refractivity contribution in [2.45, 2.75) is 6.54 Å². The van der Waals surface area contributed by atoms with Gasteiger partial charge >= 0.3 is 0 Å². The molecule has 0 atom stereocenters. The van der Waals surface area contributed by atoms with E-state index in [-0.39, 0.29) is 5.82 Å². The maximum absolute atomic E-state index is 13.1. The van der Waals surface area contributed by atoms with E-state index in [4.69, 9.17) is 5.73 Å². The van der Waals surface area contributed by atoms with Crippen LogP contribution in [0.3, 0.4) is 0 Å². The lowest BCUT2D eigenvalue weighted by Gasteiger charge is -2.01. The summed E-state index contributed by atoms with van der Waals surface area (Å²) in [6, 6.07) is 8.43. The van der Waals surface area contributed by atoms with E-state index in [0.717, 1.165) is 22.2 Å². The number of fused-ring (bicyclic) bond motifs is 3. The number of imidazole rings is 1. The topological polar surface area (TPSA) is 43.3 Å². The summed E-state index contributed by atoms with van der Waals surface area (Å²) in [5.41, 5.74) is 8.15. The summed E-state index contributed by atoms with van der Waals surface area (Å²) in [6.07, 6.45) is 1.88. The minimum atomic E-state index is -0.231. The number of hydrogen-bond acceptors (Lipinski definition) is 2. The summed E-state index contributed by atoms with van der Waals surface area (Å²) in [7, 11) is 0. The van der Waals surface area contributed by atoms with Gasteiger partial charge in [-0.1, -0.05) is 0 Å². The minimum Gasteiger partial charge on any atom is -0.325 e. The molecule has 2 aromatic heterocycles. The van der Waals surface area contributed by atoms with Crippen molar-refractivity contribution >= 4 is 16.6 Å². The smallest absolute Gasteiger partial charge is 0.137 e. The van der Waals surface area contributed by atoms with Gasteiger partial charge in [-0.3, -0.25) is 4.40 Å². The molecule has 1 aromatic carbocycles. The highest BCUT2D eigenvalue weighted by Gasteiger charge is 2.04. The van der Waals surface area contributed by atoms with E-state index in [2.05, 4.69) is 4.98 Å². The van der Waals surface area contributed by atoms with Crippen LogP contribution in [-0.2, 0) is 6.54 Å². The summed E-state index contributed by atoms with van der Waals surface area (Å²) >= 11 is 0. The zero-order valence-corrected chi connectivity index (χ0v) is 8.52. The number of halogens is 1. The van der Waals surface area contributed by atoms with Crippen LogP contribution in [0, 0.1) is 5.82 Å². The van der Waals surface area contributed by atoms with Gasteiger partial charge in [0.1, 0.15) is 11.5 Å². The van der Waals surface area contributed by atoms with E-state index in [9.17, 15) is 4.39 Å². The first-order valence-corrected chi connectivity index (χ1v) is 5.04. The first-order valence-electron chi connectivity index (χ1n) is 5.04. The van der Waals surface area contributed by atoms with Gasteiger partial charge in [0.15, 0.2) is 0 Å². The molecule has 16 heavy (non-hydrogen) atoms. The summed E-state index contributed by atoms with van der Waals surface area (Å²) in [5.74, 6) is -0.231. The maximum Gasteiger partial charge on any atom is 0.137 e. The Morgan fingerprint density at radius 1 is 1.25 bits per heavy atom. The normalized spacial score (nSPS) is 11.4. The zero-order chi connectivity index (χ0) is 11.1. The van der Waals surface area contributed by atoms with Gasteiger partial charge in [0, 0.05) is 18.1 Å². The molecule has 3 aromatic rings. The lowest BCUT2D eigenvalue weighted by atomic mass is 10.2. The molecular weight excluding hydrogens is 205 g/mol. The third-order valence-corrected chi connectivity index (χ3v) is 2.65. The highest BCUT2D eigenvalue weighted by Crippen LogP contribution is 2.18. The molecular formula is C12H10FN3. The lowest BCUT2D eigenvalue weighted by molar-refractivity contribution is 0.629. The molecule has 0 bridgehead atoms. The third kappa shape index (κ3) is 1.27. The van der Waals surface area contributed by atoms with E-state index in [0.29, 0.717) is 6.54 Å². The quantitative estimate of drug-likeness (QED) is 0.675. The molecule has 0 aliphatic carbocycles. The van der Waals surface area contributed by atoms with Crippen molar-refractivity contribution in [2.24, 2.45) is 5.73 Å². The Morgan fingerprint density at radius 3 is 2.94 bits per heavy atom. The average molecular weight is 215 g/mol. The van der Waals surface area contributed by atoms with E-state index in [1.54, 1.807) is 6.07 Å². The number of nitrogens with zero attached hydrogens (tertiary/aromatic N) is 2. The monoisotopic (exact) mass is 215 g/mol. The van der Waals surface area contributed by atoms with Crippen LogP contribution in [0.25, 0.3) is 16.6 Å². The van der Waals surface area contributed by atoms with E-state index in [1.807, 2.05) is 22.7 Å². The molecule has 2 N–H and O–H groups in total. The van der Waals surface area contributed by atoms with E-state index in [1.165, 1.54) is 12.1 Å². The van der Waals surface area contributed by atoms with Crippen LogP contribution in [0.1, 0.15) is 5.69 Å². The number of hydrogen-bond donors (Lipinski definition) is 1. The summed E-state index contributed by atoms with van der Waals surface area (Å²) < 4.78 is 15.0. The first kappa shape index (κ1) is 9.30. The summed E-state index contributed by atoms with van der Waals surface area (Å²) in [6.45, 7) is 0.407. The highest BCUT2D eigenvalue weighted by atomic mass is 19.1. The number of nitrogens with two attached hydrogens (primary N) is 1. The predicted octanol–water partition coefficient (Wildman–Crippen LogP) is 2.09. The van der Waals surface area contributed by atoms with Crippen LogP contribution in [0.5, 0.6) is 0 Å². The molecule has 80 valence electrons. The number of benzene rings is 1. The second-order valence-electron chi connectivity index (χ2n) is 3.70. The Hall–Kier alpha value is -1.94. The summed E-state index contributed by atoms with van der Waals surface area (Å²) in [5, 5.41) is 0.855. The van der Waals surface area contributed by atoms with Gasteiger partial charge in [-0.25, -0.2) is 9.37 Å². The van der Waals surface area contributed by atoms with Crippen molar-refractivity contribution in [3.63, 3.8) is 0 Å². The van der Waals surface area contributed by atoms with Crippen molar-refractivity contribution in [3.8, 4) is 0 Å². The Balaban J connectivity index is 2.43. The molecule has 0 saturated heterocycles.